The van der Waals surface area contributed by atoms with Crippen LogP contribution >= 0.6 is 0 Å². The van der Waals surface area contributed by atoms with Crippen LogP contribution in [0.3, 0.4) is 0 Å². The lowest BCUT2D eigenvalue weighted by atomic mass is 10.0. The Kier molecular flexibility index (Phi) is 4.57. The standard InChI is InChI=1S/C20H25N3O2/c1-2-25-13-19-12-22(11-18-10-21-14-23(18)19)20(24)9-15-7-16-5-3-4-6-17(16)8-15/h3-6,10,14-15,19H,2,7-9,11-13H2,1H3/t19-/m0/s1. The first-order valence-corrected chi connectivity index (χ1v) is 9.17. The Balaban J connectivity index is 1.41. The summed E-state index contributed by atoms with van der Waals surface area (Å²) in [5.41, 5.74) is 3.91. The van der Waals surface area contributed by atoms with E-state index in [4.69, 9.17) is 4.74 Å². The van der Waals surface area contributed by atoms with Crippen LogP contribution < -0.4 is 0 Å². The molecule has 2 aromatic rings. The summed E-state index contributed by atoms with van der Waals surface area (Å²) in [5.74, 6) is 0.689. The largest absolute Gasteiger partial charge is 0.380 e. The molecule has 5 nitrogen and oxygen atoms in total. The molecule has 0 spiro atoms. The number of carbonyl (C=O) groups is 1. The number of hydrogen-bond acceptors (Lipinski definition) is 3. The Morgan fingerprint density at radius 1 is 1.28 bits per heavy atom. The Labute approximate surface area is 148 Å². The minimum Gasteiger partial charge on any atom is -0.380 e. The van der Waals surface area contributed by atoms with Gasteiger partial charge in [-0.15, -0.1) is 0 Å². The molecule has 2 heterocycles. The molecule has 0 saturated carbocycles. The summed E-state index contributed by atoms with van der Waals surface area (Å²) in [5, 5.41) is 0. The fourth-order valence-electron chi connectivity index (χ4n) is 4.13. The zero-order chi connectivity index (χ0) is 17.2. The van der Waals surface area contributed by atoms with Crippen LogP contribution in [0, 0.1) is 5.92 Å². The summed E-state index contributed by atoms with van der Waals surface area (Å²) in [6.07, 6.45) is 6.40. The number of aromatic nitrogens is 2. The zero-order valence-corrected chi connectivity index (χ0v) is 14.7. The number of amides is 1. The molecule has 1 aromatic carbocycles. The number of nitrogens with zero attached hydrogens (tertiary/aromatic N) is 3. The third-order valence-corrected chi connectivity index (χ3v) is 5.39. The number of rotatable bonds is 5. The highest BCUT2D eigenvalue weighted by Crippen LogP contribution is 2.30. The summed E-state index contributed by atoms with van der Waals surface area (Å²) >= 11 is 0. The molecule has 2 aliphatic rings. The van der Waals surface area contributed by atoms with Crippen LogP contribution in [-0.2, 0) is 28.9 Å². The molecule has 1 aromatic heterocycles. The maximum Gasteiger partial charge on any atom is 0.223 e. The van der Waals surface area contributed by atoms with Gasteiger partial charge in [-0.3, -0.25) is 4.79 Å². The Bertz CT molecular complexity index is 730. The van der Waals surface area contributed by atoms with Crippen molar-refractivity contribution in [2.45, 2.75) is 38.8 Å². The molecular weight excluding hydrogens is 314 g/mol. The second-order valence-corrected chi connectivity index (χ2v) is 7.13. The van der Waals surface area contributed by atoms with E-state index in [1.807, 2.05) is 24.3 Å². The number of imidazole rings is 1. The summed E-state index contributed by atoms with van der Waals surface area (Å²) in [7, 11) is 0. The van der Waals surface area contributed by atoms with Crippen molar-refractivity contribution < 1.29 is 9.53 Å². The SMILES string of the molecule is CCOC[C@@H]1CN(C(=O)CC2Cc3ccccc3C2)Cc2cncn21. The number of ether oxygens (including phenoxy) is 1. The monoisotopic (exact) mass is 339 g/mol. The van der Waals surface area contributed by atoms with E-state index in [9.17, 15) is 4.79 Å². The van der Waals surface area contributed by atoms with Crippen LogP contribution in [0.5, 0.6) is 0 Å². The summed E-state index contributed by atoms with van der Waals surface area (Å²) in [6, 6.07) is 8.73. The summed E-state index contributed by atoms with van der Waals surface area (Å²) < 4.78 is 7.77. The number of carbonyl (C=O) groups excluding carboxylic acids is 1. The van der Waals surface area contributed by atoms with Gasteiger partial charge in [-0.2, -0.15) is 0 Å². The molecule has 1 amide bonds. The van der Waals surface area contributed by atoms with Crippen molar-refractivity contribution in [3.05, 3.63) is 53.6 Å². The highest BCUT2D eigenvalue weighted by molar-refractivity contribution is 5.76. The number of benzene rings is 1. The van der Waals surface area contributed by atoms with Gasteiger partial charge < -0.3 is 14.2 Å². The predicted molar refractivity (Wildman–Crippen MR) is 95.1 cm³/mol. The van der Waals surface area contributed by atoms with Gasteiger partial charge in [0.05, 0.1) is 31.2 Å². The van der Waals surface area contributed by atoms with Crippen molar-refractivity contribution in [3.63, 3.8) is 0 Å². The van der Waals surface area contributed by atoms with Gasteiger partial charge in [-0.05, 0) is 36.8 Å². The van der Waals surface area contributed by atoms with Crippen molar-refractivity contribution in [2.24, 2.45) is 5.92 Å². The molecule has 1 aliphatic carbocycles. The maximum absolute atomic E-state index is 12.9. The third kappa shape index (κ3) is 3.33. The van der Waals surface area contributed by atoms with Crippen molar-refractivity contribution >= 4 is 5.91 Å². The van der Waals surface area contributed by atoms with E-state index in [2.05, 4.69) is 33.8 Å². The van der Waals surface area contributed by atoms with E-state index in [1.54, 1.807) is 0 Å². The zero-order valence-electron chi connectivity index (χ0n) is 14.7. The first kappa shape index (κ1) is 16.3. The molecule has 1 aliphatic heterocycles. The Morgan fingerprint density at radius 3 is 2.76 bits per heavy atom. The molecule has 4 rings (SSSR count). The number of fused-ring (bicyclic) bond motifs is 2. The lowest BCUT2D eigenvalue weighted by Gasteiger charge is -2.35. The highest BCUT2D eigenvalue weighted by Gasteiger charge is 2.30. The third-order valence-electron chi connectivity index (χ3n) is 5.39. The first-order valence-electron chi connectivity index (χ1n) is 9.17. The van der Waals surface area contributed by atoms with Gasteiger partial charge in [0, 0.05) is 25.8 Å². The first-order chi connectivity index (χ1) is 12.2. The Hall–Kier alpha value is -2.14. The molecule has 1 atom stereocenters. The average molecular weight is 339 g/mol. The molecule has 132 valence electrons. The number of hydrogen-bond donors (Lipinski definition) is 0. The van der Waals surface area contributed by atoms with Crippen molar-refractivity contribution in [1.29, 1.82) is 0 Å². The topological polar surface area (TPSA) is 47.4 Å². The van der Waals surface area contributed by atoms with E-state index >= 15 is 0 Å². The van der Waals surface area contributed by atoms with Gasteiger partial charge in [0.25, 0.3) is 0 Å². The van der Waals surface area contributed by atoms with E-state index in [-0.39, 0.29) is 11.9 Å². The molecule has 25 heavy (non-hydrogen) atoms. The van der Waals surface area contributed by atoms with Gasteiger partial charge in [0.1, 0.15) is 0 Å². The quantitative estimate of drug-likeness (QED) is 0.841. The van der Waals surface area contributed by atoms with Crippen LogP contribution in [0.4, 0.5) is 0 Å². The van der Waals surface area contributed by atoms with Crippen molar-refractivity contribution in [3.8, 4) is 0 Å². The molecule has 0 bridgehead atoms. The summed E-state index contributed by atoms with van der Waals surface area (Å²) in [4.78, 5) is 19.2. The summed E-state index contributed by atoms with van der Waals surface area (Å²) in [6.45, 7) is 4.68. The maximum atomic E-state index is 12.9. The van der Waals surface area contributed by atoms with E-state index in [1.165, 1.54) is 11.1 Å². The average Bonchev–Trinajstić information content (AvgIpc) is 3.25. The van der Waals surface area contributed by atoms with Crippen molar-refractivity contribution in [2.75, 3.05) is 19.8 Å². The predicted octanol–water partition coefficient (Wildman–Crippen LogP) is 2.61. The van der Waals surface area contributed by atoms with Gasteiger partial charge in [-0.1, -0.05) is 24.3 Å². The van der Waals surface area contributed by atoms with Crippen LogP contribution in [0.15, 0.2) is 36.8 Å². The second-order valence-electron chi connectivity index (χ2n) is 7.13. The van der Waals surface area contributed by atoms with E-state index in [0.717, 1.165) is 18.5 Å². The minimum atomic E-state index is 0.163. The van der Waals surface area contributed by atoms with Crippen LogP contribution in [0.1, 0.15) is 36.2 Å². The molecule has 0 radical (unpaired) electrons. The molecule has 5 heteroatoms. The molecule has 0 fully saturated rings. The fraction of sp³-hybridized carbons (Fsp3) is 0.500. The van der Waals surface area contributed by atoms with Crippen LogP contribution in [0.25, 0.3) is 0 Å². The van der Waals surface area contributed by atoms with Crippen LogP contribution in [-0.4, -0.2) is 40.1 Å². The van der Waals surface area contributed by atoms with Gasteiger partial charge in [0.15, 0.2) is 0 Å². The fourth-order valence-corrected chi connectivity index (χ4v) is 4.13. The molecule has 0 N–H and O–H groups in total. The lowest BCUT2D eigenvalue weighted by molar-refractivity contribution is -0.134. The van der Waals surface area contributed by atoms with E-state index < -0.39 is 0 Å². The lowest BCUT2D eigenvalue weighted by Crippen LogP contribution is -2.42. The highest BCUT2D eigenvalue weighted by atomic mass is 16.5. The van der Waals surface area contributed by atoms with E-state index in [0.29, 0.717) is 38.6 Å². The molecule has 0 saturated heterocycles. The van der Waals surface area contributed by atoms with Gasteiger partial charge in [0.2, 0.25) is 5.91 Å². The van der Waals surface area contributed by atoms with Gasteiger partial charge >= 0.3 is 0 Å². The van der Waals surface area contributed by atoms with Crippen LogP contribution in [0.2, 0.25) is 0 Å². The van der Waals surface area contributed by atoms with Gasteiger partial charge in [-0.25, -0.2) is 4.98 Å². The second kappa shape index (κ2) is 7.00. The molecule has 0 unspecified atom stereocenters. The smallest absolute Gasteiger partial charge is 0.223 e. The molecular formula is C20H25N3O2. The van der Waals surface area contributed by atoms with Crippen molar-refractivity contribution in [1.82, 2.24) is 14.5 Å². The normalized spacial score (nSPS) is 19.7. The minimum absolute atomic E-state index is 0.163. The Morgan fingerprint density at radius 2 is 2.04 bits per heavy atom.